The summed E-state index contributed by atoms with van der Waals surface area (Å²) in [5, 5.41) is 8.71. The molecule has 0 aromatic carbocycles. The van der Waals surface area contributed by atoms with Gasteiger partial charge in [0.05, 0.1) is 17.4 Å². The Morgan fingerprint density at radius 1 is 1.43 bits per heavy atom. The second-order valence-electron chi connectivity index (χ2n) is 5.14. The fourth-order valence-corrected chi connectivity index (χ4v) is 4.58. The van der Waals surface area contributed by atoms with E-state index in [1.165, 1.54) is 4.31 Å². The van der Waals surface area contributed by atoms with Gasteiger partial charge in [-0.15, -0.1) is 0 Å². The maximum Gasteiger partial charge on any atom is 0.276 e. The van der Waals surface area contributed by atoms with Gasteiger partial charge in [0.15, 0.2) is 0 Å². The number of hydrogen-bond acceptors (Lipinski definition) is 4. The van der Waals surface area contributed by atoms with Crippen molar-refractivity contribution in [1.29, 1.82) is 0 Å². The second kappa shape index (κ2) is 6.17. The first-order valence-corrected chi connectivity index (χ1v) is 8.69. The zero-order valence-electron chi connectivity index (χ0n) is 12.2. The number of carbonyl (C=O) groups excluding carboxylic acids is 1. The molecule has 1 aromatic heterocycles. The summed E-state index contributed by atoms with van der Waals surface area (Å²) >= 11 is 0. The van der Waals surface area contributed by atoms with Crippen molar-refractivity contribution in [3.63, 3.8) is 0 Å². The first kappa shape index (κ1) is 16.0. The molecule has 0 spiro atoms. The summed E-state index contributed by atoms with van der Waals surface area (Å²) in [6.45, 7) is 4.68. The number of sulfonamides is 1. The summed E-state index contributed by atoms with van der Waals surface area (Å²) in [7, 11) is -3.28. The van der Waals surface area contributed by atoms with Gasteiger partial charge in [-0.1, -0.05) is 13.8 Å². The molecule has 0 fully saturated rings. The number of aromatic nitrogens is 1. The van der Waals surface area contributed by atoms with Crippen LogP contribution in [0.5, 0.6) is 0 Å². The average Bonchev–Trinajstić information content (AvgIpc) is 2.89. The lowest BCUT2D eigenvalue weighted by molar-refractivity contribution is 0.0706. The van der Waals surface area contributed by atoms with Gasteiger partial charge in [-0.3, -0.25) is 10.0 Å². The molecule has 7 nitrogen and oxygen atoms in total. The number of hydroxylamine groups is 1. The van der Waals surface area contributed by atoms with E-state index in [9.17, 15) is 13.2 Å². The molecule has 118 valence electrons. The summed E-state index contributed by atoms with van der Waals surface area (Å²) in [5.74, 6) is -0.455. The smallest absolute Gasteiger partial charge is 0.276 e. The van der Waals surface area contributed by atoms with Gasteiger partial charge in [-0.25, -0.2) is 13.9 Å². The number of hydrogen-bond donors (Lipinski definition) is 2. The number of fused-ring (bicyclic) bond motifs is 1. The molecule has 1 aliphatic heterocycles. The zero-order valence-corrected chi connectivity index (χ0v) is 13.1. The summed E-state index contributed by atoms with van der Waals surface area (Å²) < 4.78 is 28.1. The molecular weight excluding hydrogens is 294 g/mol. The Balaban J connectivity index is 2.38. The highest BCUT2D eigenvalue weighted by molar-refractivity contribution is 7.89. The zero-order chi connectivity index (χ0) is 15.6. The third kappa shape index (κ3) is 2.97. The first-order chi connectivity index (χ1) is 9.94. The molecule has 2 N–H and O–H groups in total. The van der Waals surface area contributed by atoms with Crippen molar-refractivity contribution >= 4 is 15.9 Å². The SMILES string of the molecule is CCCS(=O)(=O)N1CCn2cc(C(=O)NO)cc2C1CC. The lowest BCUT2D eigenvalue weighted by Crippen LogP contribution is -2.42. The van der Waals surface area contributed by atoms with Crippen LogP contribution in [0.2, 0.25) is 0 Å². The Bertz CT molecular complexity index is 623. The Hall–Kier alpha value is -1.38. The lowest BCUT2D eigenvalue weighted by atomic mass is 10.1. The summed E-state index contributed by atoms with van der Waals surface area (Å²) in [6.07, 6.45) is 2.86. The van der Waals surface area contributed by atoms with Gasteiger partial charge < -0.3 is 4.57 Å². The van der Waals surface area contributed by atoms with Crippen LogP contribution in [-0.4, -0.2) is 40.7 Å². The van der Waals surface area contributed by atoms with Gasteiger partial charge in [0, 0.05) is 25.0 Å². The van der Waals surface area contributed by atoms with Crippen molar-refractivity contribution in [2.75, 3.05) is 12.3 Å². The van der Waals surface area contributed by atoms with Gasteiger partial charge in [-0.05, 0) is 18.9 Å². The normalized spacial score (nSPS) is 19.3. The topological polar surface area (TPSA) is 91.6 Å². The van der Waals surface area contributed by atoms with E-state index >= 15 is 0 Å². The largest absolute Gasteiger partial charge is 0.348 e. The molecule has 0 saturated carbocycles. The monoisotopic (exact) mass is 315 g/mol. The molecule has 0 radical (unpaired) electrons. The highest BCUT2D eigenvalue weighted by atomic mass is 32.2. The van der Waals surface area contributed by atoms with Gasteiger partial charge in [0.1, 0.15) is 0 Å². The molecule has 0 saturated heterocycles. The van der Waals surface area contributed by atoms with E-state index in [0.717, 1.165) is 5.69 Å². The quantitative estimate of drug-likeness (QED) is 0.629. The molecular formula is C13H21N3O4S. The van der Waals surface area contributed by atoms with Crippen LogP contribution in [0.4, 0.5) is 0 Å². The Morgan fingerprint density at radius 3 is 2.71 bits per heavy atom. The van der Waals surface area contributed by atoms with Crippen LogP contribution in [0.3, 0.4) is 0 Å². The molecule has 0 aliphatic carbocycles. The number of nitrogens with one attached hydrogen (secondary N) is 1. The minimum absolute atomic E-state index is 0.133. The van der Waals surface area contributed by atoms with Gasteiger partial charge >= 0.3 is 0 Å². The first-order valence-electron chi connectivity index (χ1n) is 7.08. The van der Waals surface area contributed by atoms with E-state index in [0.29, 0.717) is 31.5 Å². The molecule has 8 heteroatoms. The van der Waals surface area contributed by atoms with Crippen molar-refractivity contribution in [2.24, 2.45) is 0 Å². The van der Waals surface area contributed by atoms with Crippen LogP contribution in [0.15, 0.2) is 12.3 Å². The van der Waals surface area contributed by atoms with E-state index < -0.39 is 15.9 Å². The minimum Gasteiger partial charge on any atom is -0.348 e. The maximum atomic E-state index is 12.4. The average molecular weight is 315 g/mol. The fraction of sp³-hybridized carbons (Fsp3) is 0.615. The number of rotatable bonds is 5. The maximum absolute atomic E-state index is 12.4. The Kier molecular flexibility index (Phi) is 4.70. The second-order valence-corrected chi connectivity index (χ2v) is 7.18. The number of nitrogens with zero attached hydrogens (tertiary/aromatic N) is 2. The van der Waals surface area contributed by atoms with Gasteiger partial charge in [-0.2, -0.15) is 4.31 Å². The van der Waals surface area contributed by atoms with E-state index in [2.05, 4.69) is 0 Å². The third-order valence-corrected chi connectivity index (χ3v) is 5.83. The van der Waals surface area contributed by atoms with Gasteiger partial charge in [0.2, 0.25) is 10.0 Å². The predicted molar refractivity (Wildman–Crippen MR) is 77.5 cm³/mol. The molecule has 1 atom stereocenters. The number of amides is 1. The molecule has 2 heterocycles. The van der Waals surface area contributed by atoms with Crippen LogP contribution in [-0.2, 0) is 16.6 Å². The van der Waals surface area contributed by atoms with Gasteiger partial charge in [0.25, 0.3) is 5.91 Å². The van der Waals surface area contributed by atoms with E-state index in [-0.39, 0.29) is 11.8 Å². The van der Waals surface area contributed by atoms with Crippen LogP contribution in [0.1, 0.15) is 48.8 Å². The molecule has 0 bridgehead atoms. The van der Waals surface area contributed by atoms with Crippen LogP contribution in [0, 0.1) is 0 Å². The number of carbonyl (C=O) groups is 1. The third-order valence-electron chi connectivity index (χ3n) is 3.75. The minimum atomic E-state index is -3.28. The highest BCUT2D eigenvalue weighted by Crippen LogP contribution is 2.32. The van der Waals surface area contributed by atoms with Crippen LogP contribution in [0.25, 0.3) is 0 Å². The summed E-state index contributed by atoms with van der Waals surface area (Å²) in [5.41, 5.74) is 2.73. The molecule has 21 heavy (non-hydrogen) atoms. The van der Waals surface area contributed by atoms with Crippen molar-refractivity contribution in [3.8, 4) is 0 Å². The van der Waals surface area contributed by atoms with Crippen molar-refractivity contribution < 1.29 is 18.4 Å². The molecule has 1 aliphatic rings. The summed E-state index contributed by atoms with van der Waals surface area (Å²) in [6, 6.07) is 1.38. The van der Waals surface area contributed by atoms with Crippen molar-refractivity contribution in [2.45, 2.75) is 39.3 Å². The van der Waals surface area contributed by atoms with Crippen LogP contribution >= 0.6 is 0 Å². The fourth-order valence-electron chi connectivity index (χ4n) is 2.82. The molecule has 2 rings (SSSR count). The van der Waals surface area contributed by atoms with E-state index in [1.54, 1.807) is 17.7 Å². The van der Waals surface area contributed by atoms with Crippen molar-refractivity contribution in [3.05, 3.63) is 23.5 Å². The molecule has 1 unspecified atom stereocenters. The summed E-state index contributed by atoms with van der Waals surface area (Å²) in [4.78, 5) is 11.5. The van der Waals surface area contributed by atoms with E-state index in [1.807, 2.05) is 18.4 Å². The highest BCUT2D eigenvalue weighted by Gasteiger charge is 2.34. The van der Waals surface area contributed by atoms with Crippen LogP contribution < -0.4 is 5.48 Å². The Labute approximate surface area is 124 Å². The molecule has 1 amide bonds. The standard InChI is InChI=1S/C13H21N3O4S/c1-3-7-21(19,20)16-6-5-15-9-10(13(17)14-18)8-12(15)11(16)4-2/h8-9,11,18H,3-7H2,1-2H3,(H,14,17). The van der Waals surface area contributed by atoms with E-state index in [4.69, 9.17) is 5.21 Å². The predicted octanol–water partition coefficient (Wildman–Crippen LogP) is 1.11. The lowest BCUT2D eigenvalue weighted by Gasteiger charge is -2.35. The Morgan fingerprint density at radius 2 is 2.14 bits per heavy atom. The van der Waals surface area contributed by atoms with Crippen molar-refractivity contribution in [1.82, 2.24) is 14.4 Å². The molecule has 1 aromatic rings.